The maximum absolute atomic E-state index is 12.4. The zero-order chi connectivity index (χ0) is 18.0. The molecule has 0 aromatic heterocycles. The normalized spacial score (nSPS) is 16.8. The highest BCUT2D eigenvalue weighted by molar-refractivity contribution is 6.03. The monoisotopic (exact) mass is 338 g/mol. The lowest BCUT2D eigenvalue weighted by Gasteiger charge is -2.17. The van der Waals surface area contributed by atoms with Gasteiger partial charge in [-0.05, 0) is 43.3 Å². The van der Waals surface area contributed by atoms with Gasteiger partial charge in [0.2, 0.25) is 11.8 Å². The Morgan fingerprint density at radius 3 is 2.32 bits per heavy atom. The van der Waals surface area contributed by atoms with Crippen molar-refractivity contribution in [2.24, 2.45) is 5.92 Å². The summed E-state index contributed by atoms with van der Waals surface area (Å²) in [5.41, 5.74) is 2.56. The molecule has 2 aromatic rings. The predicted molar refractivity (Wildman–Crippen MR) is 93.7 cm³/mol. The minimum absolute atomic E-state index is 0.0785. The van der Waals surface area contributed by atoms with Crippen LogP contribution in [0, 0.1) is 12.8 Å². The zero-order valence-corrected chi connectivity index (χ0v) is 13.7. The molecule has 1 aliphatic rings. The van der Waals surface area contributed by atoms with Crippen molar-refractivity contribution in [2.75, 3.05) is 16.8 Å². The fraction of sp³-hybridized carbons (Fsp3) is 0.211. The summed E-state index contributed by atoms with van der Waals surface area (Å²) >= 11 is 0. The van der Waals surface area contributed by atoms with Crippen molar-refractivity contribution in [3.8, 4) is 0 Å². The van der Waals surface area contributed by atoms with Crippen molar-refractivity contribution in [3.05, 3.63) is 59.7 Å². The van der Waals surface area contributed by atoms with Crippen LogP contribution in [-0.4, -0.2) is 29.4 Å². The maximum Gasteiger partial charge on any atom is 0.335 e. The summed E-state index contributed by atoms with van der Waals surface area (Å²) in [4.78, 5) is 37.1. The minimum Gasteiger partial charge on any atom is -0.478 e. The van der Waals surface area contributed by atoms with Crippen molar-refractivity contribution in [1.82, 2.24) is 0 Å². The Kier molecular flexibility index (Phi) is 4.52. The van der Waals surface area contributed by atoms with Gasteiger partial charge in [0.05, 0.1) is 11.5 Å². The van der Waals surface area contributed by atoms with E-state index >= 15 is 0 Å². The third kappa shape index (κ3) is 3.68. The van der Waals surface area contributed by atoms with Crippen LogP contribution in [0.5, 0.6) is 0 Å². The summed E-state index contributed by atoms with van der Waals surface area (Å²) in [5.74, 6) is -1.78. The number of rotatable bonds is 4. The zero-order valence-electron chi connectivity index (χ0n) is 13.7. The molecule has 6 heteroatoms. The van der Waals surface area contributed by atoms with Crippen LogP contribution < -0.4 is 10.2 Å². The van der Waals surface area contributed by atoms with Gasteiger partial charge in [-0.15, -0.1) is 0 Å². The molecule has 2 amide bonds. The molecular weight excluding hydrogens is 320 g/mol. The smallest absolute Gasteiger partial charge is 0.335 e. The molecule has 3 rings (SSSR count). The fourth-order valence-electron chi connectivity index (χ4n) is 2.80. The van der Waals surface area contributed by atoms with Crippen LogP contribution in [0.25, 0.3) is 0 Å². The molecule has 1 atom stereocenters. The van der Waals surface area contributed by atoms with Gasteiger partial charge in [-0.2, -0.15) is 0 Å². The number of nitrogens with one attached hydrogen (secondary N) is 1. The van der Waals surface area contributed by atoms with Crippen molar-refractivity contribution < 1.29 is 19.5 Å². The van der Waals surface area contributed by atoms with E-state index in [-0.39, 0.29) is 23.8 Å². The molecule has 25 heavy (non-hydrogen) atoms. The van der Waals surface area contributed by atoms with E-state index in [1.807, 2.05) is 31.2 Å². The number of carbonyl (C=O) groups is 3. The number of benzene rings is 2. The Morgan fingerprint density at radius 1 is 1.08 bits per heavy atom. The van der Waals surface area contributed by atoms with Crippen molar-refractivity contribution in [3.63, 3.8) is 0 Å². The third-order valence-corrected chi connectivity index (χ3v) is 4.24. The van der Waals surface area contributed by atoms with Gasteiger partial charge in [0.25, 0.3) is 0 Å². The lowest BCUT2D eigenvalue weighted by atomic mass is 10.1. The summed E-state index contributed by atoms with van der Waals surface area (Å²) in [6, 6.07) is 13.5. The van der Waals surface area contributed by atoms with Crippen LogP contribution in [0.15, 0.2) is 48.5 Å². The summed E-state index contributed by atoms with van der Waals surface area (Å²) < 4.78 is 0. The Labute approximate surface area is 145 Å². The second kappa shape index (κ2) is 6.76. The number of anilines is 2. The number of aryl methyl sites for hydroxylation is 1. The molecule has 6 nitrogen and oxygen atoms in total. The number of hydrogen-bond donors (Lipinski definition) is 2. The van der Waals surface area contributed by atoms with E-state index in [1.165, 1.54) is 24.3 Å². The molecule has 0 bridgehead atoms. The number of carbonyl (C=O) groups excluding carboxylic acids is 2. The molecule has 0 spiro atoms. The van der Waals surface area contributed by atoms with Gasteiger partial charge < -0.3 is 15.3 Å². The number of hydrogen-bond acceptors (Lipinski definition) is 3. The van der Waals surface area contributed by atoms with Gasteiger partial charge >= 0.3 is 5.97 Å². The van der Waals surface area contributed by atoms with Crippen LogP contribution in [0.2, 0.25) is 0 Å². The summed E-state index contributed by atoms with van der Waals surface area (Å²) in [6.45, 7) is 2.31. The van der Waals surface area contributed by atoms with Gasteiger partial charge in [-0.25, -0.2) is 4.79 Å². The predicted octanol–water partition coefficient (Wildman–Crippen LogP) is 2.68. The van der Waals surface area contributed by atoms with Gasteiger partial charge in [-0.3, -0.25) is 9.59 Å². The number of carboxylic acid groups (broad SMARTS) is 1. The number of nitrogens with zero attached hydrogens (tertiary/aromatic N) is 1. The molecule has 128 valence electrons. The first-order chi connectivity index (χ1) is 11.9. The van der Waals surface area contributed by atoms with E-state index in [2.05, 4.69) is 5.32 Å². The van der Waals surface area contributed by atoms with Crippen molar-refractivity contribution in [2.45, 2.75) is 13.3 Å². The lowest BCUT2D eigenvalue weighted by molar-refractivity contribution is -0.122. The van der Waals surface area contributed by atoms with E-state index in [4.69, 9.17) is 5.11 Å². The highest BCUT2D eigenvalue weighted by atomic mass is 16.4. The third-order valence-electron chi connectivity index (χ3n) is 4.24. The van der Waals surface area contributed by atoms with Crippen LogP contribution in [-0.2, 0) is 9.59 Å². The molecule has 1 aliphatic heterocycles. The number of amides is 2. The Hall–Kier alpha value is -3.15. The average Bonchev–Trinajstić information content (AvgIpc) is 2.98. The lowest BCUT2D eigenvalue weighted by Crippen LogP contribution is -2.28. The molecule has 1 saturated heterocycles. The van der Waals surface area contributed by atoms with E-state index < -0.39 is 11.9 Å². The Morgan fingerprint density at radius 2 is 1.72 bits per heavy atom. The molecule has 0 radical (unpaired) electrons. The molecule has 1 heterocycles. The van der Waals surface area contributed by atoms with Gasteiger partial charge in [0.15, 0.2) is 0 Å². The van der Waals surface area contributed by atoms with Crippen LogP contribution in [0.3, 0.4) is 0 Å². The topological polar surface area (TPSA) is 86.7 Å². The molecule has 0 aliphatic carbocycles. The summed E-state index contributed by atoms with van der Waals surface area (Å²) in [6.07, 6.45) is 0.160. The molecule has 0 saturated carbocycles. The van der Waals surface area contributed by atoms with Crippen LogP contribution >= 0.6 is 0 Å². The van der Waals surface area contributed by atoms with E-state index in [0.717, 1.165) is 11.3 Å². The van der Waals surface area contributed by atoms with Crippen LogP contribution in [0.1, 0.15) is 22.3 Å². The highest BCUT2D eigenvalue weighted by Crippen LogP contribution is 2.26. The standard InChI is InChI=1S/C19H18N2O4/c1-12-2-8-16(9-3-12)21-11-14(10-17(21)22)18(23)20-15-6-4-13(5-7-15)19(24)25/h2-9,14H,10-11H2,1H3,(H,20,23)(H,24,25). The molecule has 1 fully saturated rings. The summed E-state index contributed by atoms with van der Waals surface area (Å²) in [7, 11) is 0. The van der Waals surface area contributed by atoms with Crippen molar-refractivity contribution in [1.29, 1.82) is 0 Å². The van der Waals surface area contributed by atoms with E-state index in [1.54, 1.807) is 4.90 Å². The Balaban J connectivity index is 1.66. The average molecular weight is 338 g/mol. The molecule has 2 N–H and O–H groups in total. The second-order valence-corrected chi connectivity index (χ2v) is 6.11. The Bertz CT molecular complexity index is 812. The maximum atomic E-state index is 12.4. The second-order valence-electron chi connectivity index (χ2n) is 6.11. The number of aromatic carboxylic acids is 1. The molecular formula is C19H18N2O4. The first kappa shape index (κ1) is 16.7. The van der Waals surface area contributed by atoms with Crippen LogP contribution in [0.4, 0.5) is 11.4 Å². The van der Waals surface area contributed by atoms with Crippen molar-refractivity contribution >= 4 is 29.2 Å². The van der Waals surface area contributed by atoms with Gasteiger partial charge in [-0.1, -0.05) is 17.7 Å². The SMILES string of the molecule is Cc1ccc(N2CC(C(=O)Nc3ccc(C(=O)O)cc3)CC2=O)cc1. The van der Waals surface area contributed by atoms with Gasteiger partial charge in [0, 0.05) is 24.3 Å². The highest BCUT2D eigenvalue weighted by Gasteiger charge is 2.35. The van der Waals surface area contributed by atoms with E-state index in [9.17, 15) is 14.4 Å². The summed E-state index contributed by atoms with van der Waals surface area (Å²) in [5, 5.41) is 11.6. The quantitative estimate of drug-likeness (QED) is 0.897. The first-order valence-corrected chi connectivity index (χ1v) is 7.95. The van der Waals surface area contributed by atoms with Gasteiger partial charge in [0.1, 0.15) is 0 Å². The fourth-order valence-corrected chi connectivity index (χ4v) is 2.80. The molecule has 1 unspecified atom stereocenters. The minimum atomic E-state index is -1.02. The number of carboxylic acids is 1. The largest absolute Gasteiger partial charge is 0.478 e. The van der Waals surface area contributed by atoms with E-state index in [0.29, 0.717) is 12.2 Å². The molecule has 2 aromatic carbocycles. The first-order valence-electron chi connectivity index (χ1n) is 7.95.